The molecule has 2 fully saturated rings. The first-order valence-corrected chi connectivity index (χ1v) is 9.55. The molecule has 154 valence electrons. The van der Waals surface area contributed by atoms with Crippen molar-refractivity contribution in [3.8, 4) is 0 Å². The molecule has 9 heteroatoms. The van der Waals surface area contributed by atoms with Gasteiger partial charge in [0.05, 0.1) is 43.9 Å². The highest BCUT2D eigenvalue weighted by Crippen LogP contribution is 2.28. The quantitative estimate of drug-likeness (QED) is 0.443. The van der Waals surface area contributed by atoms with Crippen LogP contribution < -0.4 is 9.80 Å². The molecule has 0 atom stereocenters. The third-order valence-corrected chi connectivity index (χ3v) is 4.99. The molecule has 0 spiro atoms. The number of hydrogen-bond donors (Lipinski definition) is 0. The minimum atomic E-state index is -0.505. The molecule has 0 aliphatic carbocycles. The van der Waals surface area contributed by atoms with Crippen molar-refractivity contribution in [1.82, 2.24) is 0 Å². The summed E-state index contributed by atoms with van der Waals surface area (Å²) in [6.45, 7) is 4.57. The van der Waals surface area contributed by atoms with E-state index in [0.29, 0.717) is 68.8 Å². The van der Waals surface area contributed by atoms with E-state index in [1.54, 1.807) is 18.2 Å². The monoisotopic (exact) mass is 404 g/mol. The molecule has 7 nitrogen and oxygen atoms in total. The number of anilines is 2. The van der Waals surface area contributed by atoms with Crippen LogP contribution in [-0.4, -0.2) is 57.5 Å². The van der Waals surface area contributed by atoms with Crippen molar-refractivity contribution >= 4 is 22.7 Å². The maximum atomic E-state index is 14.5. The van der Waals surface area contributed by atoms with Gasteiger partial charge in [-0.25, -0.2) is 8.78 Å². The van der Waals surface area contributed by atoms with Crippen LogP contribution >= 0.6 is 0 Å². The lowest BCUT2D eigenvalue weighted by molar-refractivity contribution is -0.435. The number of rotatable bonds is 4. The van der Waals surface area contributed by atoms with Crippen molar-refractivity contribution in [2.24, 2.45) is 5.11 Å². The number of azo groups is 1. The Kier molecular flexibility index (Phi) is 5.86. The van der Waals surface area contributed by atoms with E-state index in [9.17, 15) is 14.0 Å². The zero-order chi connectivity index (χ0) is 20.2. The maximum absolute atomic E-state index is 14.5. The number of halogens is 2. The van der Waals surface area contributed by atoms with Crippen LogP contribution in [0.3, 0.4) is 0 Å². The van der Waals surface area contributed by atoms with Gasteiger partial charge < -0.3 is 24.5 Å². The standard InChI is InChI=1S/C20H22F2N4O3/c21-17-13-15(1-3-19(17)24-5-9-28-10-6-24)23-26(27)16-2-4-20(18(22)14-16)25-7-11-29-12-8-25/h1-4,13-14H,5-12H2. The molecule has 0 bridgehead atoms. The molecule has 2 aromatic rings. The van der Waals surface area contributed by atoms with Crippen LogP contribution in [0.15, 0.2) is 41.5 Å². The second-order valence-corrected chi connectivity index (χ2v) is 6.84. The molecule has 2 aromatic carbocycles. The zero-order valence-electron chi connectivity index (χ0n) is 15.9. The smallest absolute Gasteiger partial charge is 0.248 e. The van der Waals surface area contributed by atoms with E-state index in [2.05, 4.69) is 5.11 Å². The van der Waals surface area contributed by atoms with Crippen LogP contribution in [0.2, 0.25) is 0 Å². The van der Waals surface area contributed by atoms with Gasteiger partial charge in [0.1, 0.15) is 11.5 Å². The van der Waals surface area contributed by atoms with Gasteiger partial charge in [-0.3, -0.25) is 0 Å². The summed E-state index contributed by atoms with van der Waals surface area (Å²) in [5, 5.41) is 16.2. The highest BCUT2D eigenvalue weighted by Gasteiger charge is 2.19. The number of nitrogens with zero attached hydrogens (tertiary/aromatic N) is 4. The van der Waals surface area contributed by atoms with Gasteiger partial charge in [-0.2, -0.15) is 0 Å². The SMILES string of the molecule is [O-][N+](=Nc1ccc(N2CCOCC2)c(F)c1)c1ccc(N2CCOCC2)c(F)c1. The van der Waals surface area contributed by atoms with Crippen molar-refractivity contribution < 1.29 is 23.1 Å². The molecule has 0 saturated carbocycles. The zero-order valence-corrected chi connectivity index (χ0v) is 15.9. The van der Waals surface area contributed by atoms with Crippen LogP contribution in [0.4, 0.5) is 31.5 Å². The predicted molar refractivity (Wildman–Crippen MR) is 104 cm³/mol. The highest BCUT2D eigenvalue weighted by molar-refractivity contribution is 5.55. The second-order valence-electron chi connectivity index (χ2n) is 6.84. The fourth-order valence-electron chi connectivity index (χ4n) is 3.46. The Morgan fingerprint density at radius 3 is 1.83 bits per heavy atom. The van der Waals surface area contributed by atoms with Gasteiger partial charge in [0.2, 0.25) is 5.69 Å². The van der Waals surface area contributed by atoms with Crippen molar-refractivity contribution in [3.05, 3.63) is 53.2 Å². The summed E-state index contributed by atoms with van der Waals surface area (Å²) in [7, 11) is 0. The average molecular weight is 404 g/mol. The fraction of sp³-hybridized carbons (Fsp3) is 0.400. The van der Waals surface area contributed by atoms with Crippen molar-refractivity contribution in [2.45, 2.75) is 0 Å². The summed E-state index contributed by atoms with van der Waals surface area (Å²) in [5.74, 6) is -0.968. The Hall–Kier alpha value is -2.78. The van der Waals surface area contributed by atoms with Gasteiger partial charge in [0.25, 0.3) is 0 Å². The third kappa shape index (κ3) is 4.46. The largest absolute Gasteiger partial charge is 0.594 e. The maximum Gasteiger partial charge on any atom is 0.248 e. The number of morpholine rings is 2. The van der Waals surface area contributed by atoms with Gasteiger partial charge in [-0.05, 0) is 18.2 Å². The van der Waals surface area contributed by atoms with Gasteiger partial charge in [-0.1, -0.05) is 4.86 Å². The van der Waals surface area contributed by atoms with E-state index in [4.69, 9.17) is 9.47 Å². The van der Waals surface area contributed by atoms with E-state index < -0.39 is 11.6 Å². The molecule has 0 unspecified atom stereocenters. The minimum absolute atomic E-state index is 0.0390. The molecular formula is C20H22F2N4O3. The van der Waals surface area contributed by atoms with Crippen LogP contribution in [0.25, 0.3) is 0 Å². The average Bonchev–Trinajstić information content (AvgIpc) is 2.75. The number of ether oxygens (including phenoxy) is 2. The van der Waals surface area contributed by atoms with E-state index in [1.165, 1.54) is 12.1 Å². The normalized spacial score (nSPS) is 18.2. The molecule has 2 aliphatic heterocycles. The Labute approximate surface area is 167 Å². The predicted octanol–water partition coefficient (Wildman–Crippen LogP) is 3.56. The summed E-state index contributed by atoms with van der Waals surface area (Å²) in [6, 6.07) is 8.56. The molecule has 0 radical (unpaired) electrons. The van der Waals surface area contributed by atoms with Crippen molar-refractivity contribution in [1.29, 1.82) is 0 Å². The first kappa shape index (κ1) is 19.5. The molecule has 4 rings (SSSR count). The lowest BCUT2D eigenvalue weighted by atomic mass is 10.2. The third-order valence-electron chi connectivity index (χ3n) is 4.99. The molecule has 0 aromatic heterocycles. The van der Waals surface area contributed by atoms with Crippen molar-refractivity contribution in [3.63, 3.8) is 0 Å². The first-order chi connectivity index (χ1) is 14.1. The summed E-state index contributed by atoms with van der Waals surface area (Å²) >= 11 is 0. The summed E-state index contributed by atoms with van der Waals surface area (Å²) in [4.78, 5) is 4.06. The lowest BCUT2D eigenvalue weighted by Gasteiger charge is -2.29. The minimum Gasteiger partial charge on any atom is -0.594 e. The summed E-state index contributed by atoms with van der Waals surface area (Å²) in [5.41, 5.74) is 1.07. The van der Waals surface area contributed by atoms with E-state index in [1.807, 2.05) is 9.80 Å². The molecular weight excluding hydrogens is 382 g/mol. The van der Waals surface area contributed by atoms with Gasteiger partial charge in [0, 0.05) is 43.4 Å². The second kappa shape index (κ2) is 8.71. The molecule has 2 saturated heterocycles. The topological polar surface area (TPSA) is 63.4 Å². The lowest BCUT2D eigenvalue weighted by Crippen LogP contribution is -2.36. The van der Waals surface area contributed by atoms with Crippen LogP contribution in [0.5, 0.6) is 0 Å². The van der Waals surface area contributed by atoms with Crippen LogP contribution in [0.1, 0.15) is 0 Å². The Balaban J connectivity index is 1.52. The molecule has 0 N–H and O–H groups in total. The van der Waals surface area contributed by atoms with Gasteiger partial charge in [0.15, 0.2) is 5.82 Å². The molecule has 0 amide bonds. The highest BCUT2D eigenvalue weighted by atomic mass is 19.1. The van der Waals surface area contributed by atoms with Crippen LogP contribution in [-0.2, 0) is 9.47 Å². The van der Waals surface area contributed by atoms with E-state index >= 15 is 0 Å². The molecule has 2 aliphatic rings. The summed E-state index contributed by atoms with van der Waals surface area (Å²) < 4.78 is 39.5. The van der Waals surface area contributed by atoms with Crippen molar-refractivity contribution in [2.75, 3.05) is 62.4 Å². The van der Waals surface area contributed by atoms with E-state index in [-0.39, 0.29) is 11.4 Å². The summed E-state index contributed by atoms with van der Waals surface area (Å²) in [6.07, 6.45) is 0. The van der Waals surface area contributed by atoms with E-state index in [0.717, 1.165) is 6.07 Å². The Morgan fingerprint density at radius 2 is 1.31 bits per heavy atom. The molecule has 29 heavy (non-hydrogen) atoms. The fourth-order valence-corrected chi connectivity index (χ4v) is 3.46. The Morgan fingerprint density at radius 1 is 0.793 bits per heavy atom. The van der Waals surface area contributed by atoms with Gasteiger partial charge in [-0.15, -0.1) is 0 Å². The first-order valence-electron chi connectivity index (χ1n) is 9.55. The Bertz CT molecular complexity index is 897. The van der Waals surface area contributed by atoms with Gasteiger partial charge >= 0.3 is 0 Å². The number of benzene rings is 2. The molecule has 2 heterocycles. The van der Waals surface area contributed by atoms with Crippen LogP contribution in [0, 0.1) is 16.8 Å². The number of hydrogen-bond acceptors (Lipinski definition) is 6.